The molecule has 19 heavy (non-hydrogen) atoms. The van der Waals surface area contributed by atoms with Gasteiger partial charge in [0.15, 0.2) is 0 Å². The Labute approximate surface area is 112 Å². The highest BCUT2D eigenvalue weighted by atomic mass is 19.3. The van der Waals surface area contributed by atoms with Crippen LogP contribution < -0.4 is 11.1 Å². The molecule has 1 heterocycles. The van der Waals surface area contributed by atoms with Crippen molar-refractivity contribution in [1.29, 1.82) is 0 Å². The van der Waals surface area contributed by atoms with Crippen molar-refractivity contribution in [2.24, 2.45) is 5.92 Å². The molecular formula is C14H21F2N3. The summed E-state index contributed by atoms with van der Waals surface area (Å²) in [6.45, 7) is 2.88. The van der Waals surface area contributed by atoms with Gasteiger partial charge in [-0.05, 0) is 50.6 Å². The average molecular weight is 269 g/mol. The zero-order valence-corrected chi connectivity index (χ0v) is 11.2. The fourth-order valence-corrected chi connectivity index (χ4v) is 2.62. The van der Waals surface area contributed by atoms with Crippen molar-refractivity contribution in [1.82, 2.24) is 4.90 Å². The molecule has 0 aliphatic carbocycles. The van der Waals surface area contributed by atoms with Crippen LogP contribution in [0.2, 0.25) is 0 Å². The Morgan fingerprint density at radius 2 is 2.26 bits per heavy atom. The van der Waals surface area contributed by atoms with Gasteiger partial charge in [-0.25, -0.2) is 8.78 Å². The first-order chi connectivity index (χ1) is 9.06. The molecule has 1 atom stereocenters. The van der Waals surface area contributed by atoms with Crippen LogP contribution >= 0.6 is 0 Å². The molecule has 1 aliphatic heterocycles. The predicted octanol–water partition coefficient (Wildman–Crippen LogP) is 2.96. The smallest absolute Gasteiger partial charge is 0.265 e. The highest BCUT2D eigenvalue weighted by Crippen LogP contribution is 2.29. The summed E-state index contributed by atoms with van der Waals surface area (Å²) in [7, 11) is 2.10. The summed E-state index contributed by atoms with van der Waals surface area (Å²) in [6.07, 6.45) is -0.178. The lowest BCUT2D eigenvalue weighted by atomic mass is 9.98. The van der Waals surface area contributed by atoms with Crippen molar-refractivity contribution in [3.63, 3.8) is 0 Å². The lowest BCUT2D eigenvalue weighted by Gasteiger charge is -2.30. The Morgan fingerprint density at radius 1 is 1.47 bits per heavy atom. The third kappa shape index (κ3) is 3.80. The van der Waals surface area contributed by atoms with E-state index in [9.17, 15) is 8.78 Å². The van der Waals surface area contributed by atoms with Crippen LogP contribution in [-0.2, 0) is 0 Å². The molecule has 2 rings (SSSR count). The highest BCUT2D eigenvalue weighted by molar-refractivity contribution is 5.58. The molecule has 0 bridgehead atoms. The van der Waals surface area contributed by atoms with Crippen molar-refractivity contribution in [3.8, 4) is 0 Å². The zero-order valence-electron chi connectivity index (χ0n) is 11.2. The number of nitrogen functional groups attached to an aromatic ring is 1. The summed E-state index contributed by atoms with van der Waals surface area (Å²) in [6, 6.07) is 4.64. The van der Waals surface area contributed by atoms with E-state index >= 15 is 0 Å². The van der Waals surface area contributed by atoms with E-state index in [-0.39, 0.29) is 5.56 Å². The van der Waals surface area contributed by atoms with Crippen molar-refractivity contribution in [2.75, 3.05) is 37.7 Å². The van der Waals surface area contributed by atoms with E-state index < -0.39 is 6.43 Å². The minimum Gasteiger partial charge on any atom is -0.399 e. The third-order valence-electron chi connectivity index (χ3n) is 3.61. The lowest BCUT2D eigenvalue weighted by molar-refractivity contribution is 0.152. The molecule has 1 unspecified atom stereocenters. The second-order valence-corrected chi connectivity index (χ2v) is 5.30. The number of nitrogens with zero attached hydrogens (tertiary/aromatic N) is 1. The number of hydrogen-bond donors (Lipinski definition) is 2. The maximum Gasteiger partial charge on any atom is 0.265 e. The molecule has 1 aliphatic rings. The van der Waals surface area contributed by atoms with E-state index in [4.69, 9.17) is 5.73 Å². The van der Waals surface area contributed by atoms with E-state index in [0.717, 1.165) is 26.1 Å². The molecule has 1 fully saturated rings. The topological polar surface area (TPSA) is 41.3 Å². The van der Waals surface area contributed by atoms with Crippen LogP contribution in [0.4, 0.5) is 20.2 Å². The van der Waals surface area contributed by atoms with Gasteiger partial charge in [0.25, 0.3) is 6.43 Å². The molecule has 0 aromatic heterocycles. The minimum absolute atomic E-state index is 0.0100. The van der Waals surface area contributed by atoms with E-state index in [1.807, 2.05) is 0 Å². The predicted molar refractivity (Wildman–Crippen MR) is 74.5 cm³/mol. The number of benzene rings is 1. The molecule has 0 saturated carbocycles. The number of nitrogens with one attached hydrogen (secondary N) is 1. The number of anilines is 2. The normalized spacial score (nSPS) is 20.7. The minimum atomic E-state index is -2.50. The van der Waals surface area contributed by atoms with Gasteiger partial charge >= 0.3 is 0 Å². The van der Waals surface area contributed by atoms with Crippen LogP contribution in [0, 0.1) is 5.92 Å². The first-order valence-corrected chi connectivity index (χ1v) is 6.66. The van der Waals surface area contributed by atoms with Gasteiger partial charge in [0, 0.05) is 30.0 Å². The molecule has 0 amide bonds. The molecule has 1 aromatic rings. The van der Waals surface area contributed by atoms with Crippen LogP contribution in [0.5, 0.6) is 0 Å². The fraction of sp³-hybridized carbons (Fsp3) is 0.571. The van der Waals surface area contributed by atoms with Crippen LogP contribution in [0.3, 0.4) is 0 Å². The van der Waals surface area contributed by atoms with Crippen molar-refractivity contribution in [2.45, 2.75) is 19.3 Å². The van der Waals surface area contributed by atoms with E-state index in [1.165, 1.54) is 12.5 Å². The van der Waals surface area contributed by atoms with Gasteiger partial charge in [-0.15, -0.1) is 0 Å². The number of halogens is 2. The molecule has 3 nitrogen and oxygen atoms in total. The number of rotatable bonds is 4. The molecule has 0 radical (unpaired) electrons. The summed E-state index contributed by atoms with van der Waals surface area (Å²) in [5, 5.41) is 3.15. The van der Waals surface area contributed by atoms with Gasteiger partial charge in [0.1, 0.15) is 0 Å². The van der Waals surface area contributed by atoms with Gasteiger partial charge in [0.05, 0.1) is 0 Å². The standard InChI is InChI=1S/C14H21F2N3/c1-19-6-2-3-10(9-19)8-18-13-5-4-11(17)7-12(13)14(15)16/h4-5,7,10,14,18H,2-3,6,8-9,17H2,1H3. The Kier molecular flexibility index (Phi) is 4.58. The zero-order chi connectivity index (χ0) is 13.8. The van der Waals surface area contributed by atoms with Crippen LogP contribution in [-0.4, -0.2) is 31.6 Å². The van der Waals surface area contributed by atoms with Crippen LogP contribution in [0.1, 0.15) is 24.8 Å². The monoisotopic (exact) mass is 269 g/mol. The lowest BCUT2D eigenvalue weighted by Crippen LogP contribution is -2.35. The van der Waals surface area contributed by atoms with Crippen LogP contribution in [0.25, 0.3) is 0 Å². The highest BCUT2D eigenvalue weighted by Gasteiger charge is 2.18. The number of piperidine rings is 1. The summed E-state index contributed by atoms with van der Waals surface area (Å²) < 4.78 is 25.9. The second-order valence-electron chi connectivity index (χ2n) is 5.30. The molecule has 1 aromatic carbocycles. The molecule has 106 valence electrons. The first-order valence-electron chi connectivity index (χ1n) is 6.66. The van der Waals surface area contributed by atoms with E-state index in [1.54, 1.807) is 12.1 Å². The van der Waals surface area contributed by atoms with E-state index in [0.29, 0.717) is 17.3 Å². The Morgan fingerprint density at radius 3 is 2.95 bits per heavy atom. The number of nitrogens with two attached hydrogens (primary N) is 1. The first kappa shape index (κ1) is 14.1. The van der Waals surface area contributed by atoms with Crippen molar-refractivity contribution >= 4 is 11.4 Å². The van der Waals surface area contributed by atoms with E-state index in [2.05, 4.69) is 17.3 Å². The van der Waals surface area contributed by atoms with Crippen molar-refractivity contribution in [3.05, 3.63) is 23.8 Å². The van der Waals surface area contributed by atoms with Crippen molar-refractivity contribution < 1.29 is 8.78 Å². The average Bonchev–Trinajstić information content (AvgIpc) is 2.37. The van der Waals surface area contributed by atoms with Gasteiger partial charge in [-0.1, -0.05) is 0 Å². The third-order valence-corrected chi connectivity index (χ3v) is 3.61. The van der Waals surface area contributed by atoms with Gasteiger partial charge < -0.3 is 16.0 Å². The van der Waals surface area contributed by atoms with Gasteiger partial charge in [-0.3, -0.25) is 0 Å². The molecule has 1 saturated heterocycles. The summed E-state index contributed by atoms with van der Waals surface area (Å²) in [5.74, 6) is 0.516. The maximum absolute atomic E-state index is 12.9. The molecule has 0 spiro atoms. The second kappa shape index (κ2) is 6.19. The van der Waals surface area contributed by atoms with Crippen LogP contribution in [0.15, 0.2) is 18.2 Å². The Balaban J connectivity index is 1.99. The largest absolute Gasteiger partial charge is 0.399 e. The number of alkyl halides is 2. The summed E-state index contributed by atoms with van der Waals surface area (Å²) in [4.78, 5) is 2.28. The molecule has 5 heteroatoms. The van der Waals surface area contributed by atoms with Gasteiger partial charge in [0.2, 0.25) is 0 Å². The molecule has 3 N–H and O–H groups in total. The summed E-state index contributed by atoms with van der Waals surface area (Å²) >= 11 is 0. The quantitative estimate of drug-likeness (QED) is 0.826. The van der Waals surface area contributed by atoms with Gasteiger partial charge in [-0.2, -0.15) is 0 Å². The Bertz CT molecular complexity index is 423. The summed E-state index contributed by atoms with van der Waals surface area (Å²) in [5.41, 5.74) is 6.42. The molecular weight excluding hydrogens is 248 g/mol. The number of hydrogen-bond acceptors (Lipinski definition) is 3. The SMILES string of the molecule is CN1CCCC(CNc2ccc(N)cc2C(F)F)C1. The maximum atomic E-state index is 12.9. The fourth-order valence-electron chi connectivity index (χ4n) is 2.62. The number of likely N-dealkylation sites (tertiary alicyclic amines) is 1. The Hall–Kier alpha value is -1.36.